The van der Waals surface area contributed by atoms with E-state index in [1.165, 1.54) is 11.1 Å². The van der Waals surface area contributed by atoms with Crippen molar-refractivity contribution in [3.05, 3.63) is 212 Å². The maximum atomic E-state index is 5.07. The zero-order chi connectivity index (χ0) is 36.1. The van der Waals surface area contributed by atoms with Crippen LogP contribution in [0.1, 0.15) is 0 Å². The van der Waals surface area contributed by atoms with Gasteiger partial charge >= 0.3 is 0 Å². The van der Waals surface area contributed by atoms with Crippen LogP contribution in [0, 0.1) is 0 Å². The van der Waals surface area contributed by atoms with Gasteiger partial charge in [0.15, 0.2) is 5.82 Å². The monoisotopic (exact) mass is 689 g/mol. The highest BCUT2D eigenvalue weighted by atomic mass is 14.9. The Bertz CT molecular complexity index is 2540. The first kappa shape index (κ1) is 32.7. The SMILES string of the molecule is c1ccc(-c2cc(-c3cccc(-c4ccc(-c5ccc(-c6cc(-c7ccccc7)nc(-c7ccccc7)n6)cc5)cc4)c3)cc(-c3ccccc3)n2)cc1. The van der Waals surface area contributed by atoms with Crippen molar-refractivity contribution < 1.29 is 0 Å². The van der Waals surface area contributed by atoms with Crippen LogP contribution in [0.15, 0.2) is 212 Å². The number of hydrogen-bond acceptors (Lipinski definition) is 3. The molecular formula is C51H35N3. The van der Waals surface area contributed by atoms with Crippen molar-refractivity contribution in [2.45, 2.75) is 0 Å². The molecule has 9 aromatic rings. The second-order valence-electron chi connectivity index (χ2n) is 13.3. The third-order valence-electron chi connectivity index (χ3n) is 9.72. The lowest BCUT2D eigenvalue weighted by Gasteiger charge is -2.12. The van der Waals surface area contributed by atoms with E-state index in [-0.39, 0.29) is 0 Å². The summed E-state index contributed by atoms with van der Waals surface area (Å²) in [5, 5.41) is 0. The molecule has 3 heteroatoms. The largest absolute Gasteiger partial charge is 0.248 e. The van der Waals surface area contributed by atoms with Crippen molar-refractivity contribution in [2.24, 2.45) is 0 Å². The molecular weight excluding hydrogens is 655 g/mol. The molecule has 0 saturated carbocycles. The fourth-order valence-corrected chi connectivity index (χ4v) is 6.85. The van der Waals surface area contributed by atoms with E-state index in [2.05, 4.69) is 164 Å². The Morgan fingerprint density at radius 3 is 0.944 bits per heavy atom. The average Bonchev–Trinajstić information content (AvgIpc) is 3.27. The summed E-state index contributed by atoms with van der Waals surface area (Å²) in [5.41, 5.74) is 16.0. The summed E-state index contributed by atoms with van der Waals surface area (Å²) in [5.74, 6) is 0.716. The topological polar surface area (TPSA) is 38.7 Å². The molecule has 0 aliphatic rings. The normalized spacial score (nSPS) is 11.0. The number of benzene rings is 7. The van der Waals surface area contributed by atoms with Crippen molar-refractivity contribution in [2.75, 3.05) is 0 Å². The van der Waals surface area contributed by atoms with E-state index in [9.17, 15) is 0 Å². The van der Waals surface area contributed by atoms with Crippen LogP contribution < -0.4 is 0 Å². The van der Waals surface area contributed by atoms with E-state index in [4.69, 9.17) is 15.0 Å². The Labute approximate surface area is 316 Å². The molecule has 7 aromatic carbocycles. The molecule has 0 aliphatic carbocycles. The van der Waals surface area contributed by atoms with Crippen LogP contribution in [0.25, 0.3) is 89.8 Å². The lowest BCUT2D eigenvalue weighted by Crippen LogP contribution is -1.95. The molecule has 2 aromatic heterocycles. The van der Waals surface area contributed by atoms with Gasteiger partial charge in [-0.05, 0) is 57.6 Å². The summed E-state index contributed by atoms with van der Waals surface area (Å²) < 4.78 is 0. The second-order valence-corrected chi connectivity index (χ2v) is 13.3. The van der Waals surface area contributed by atoms with Crippen molar-refractivity contribution >= 4 is 0 Å². The van der Waals surface area contributed by atoms with Gasteiger partial charge < -0.3 is 0 Å². The van der Waals surface area contributed by atoms with E-state index in [1.807, 2.05) is 48.5 Å². The first-order valence-corrected chi connectivity index (χ1v) is 18.2. The Morgan fingerprint density at radius 2 is 0.500 bits per heavy atom. The number of pyridine rings is 1. The highest BCUT2D eigenvalue weighted by molar-refractivity contribution is 5.81. The maximum Gasteiger partial charge on any atom is 0.160 e. The summed E-state index contributed by atoms with van der Waals surface area (Å²) in [4.78, 5) is 15.0. The molecule has 0 aliphatic heterocycles. The molecule has 0 bridgehead atoms. The summed E-state index contributed by atoms with van der Waals surface area (Å²) in [7, 11) is 0. The molecule has 3 nitrogen and oxygen atoms in total. The predicted octanol–water partition coefficient (Wildman–Crippen LogP) is 13.2. The quantitative estimate of drug-likeness (QED) is 0.159. The molecule has 0 fully saturated rings. The van der Waals surface area contributed by atoms with E-state index < -0.39 is 0 Å². The fourth-order valence-electron chi connectivity index (χ4n) is 6.85. The van der Waals surface area contributed by atoms with Gasteiger partial charge in [-0.2, -0.15) is 0 Å². The second kappa shape index (κ2) is 14.8. The third kappa shape index (κ3) is 6.99. The molecule has 0 N–H and O–H groups in total. The minimum Gasteiger partial charge on any atom is -0.248 e. The smallest absolute Gasteiger partial charge is 0.160 e. The highest BCUT2D eigenvalue weighted by Gasteiger charge is 2.12. The molecule has 0 atom stereocenters. The standard InChI is InChI=1S/C51H35N3/c1-5-14-39(15-6-1)47-33-46(34-48(52-47)40-16-7-2-8-17-40)45-23-13-22-44(32-45)38-26-24-36(25-27-38)37-28-30-42(31-29-37)50-35-49(41-18-9-3-10-19-41)53-51(54-50)43-20-11-4-12-21-43/h1-35H. The highest BCUT2D eigenvalue weighted by Crippen LogP contribution is 2.34. The fraction of sp³-hybridized carbons (Fsp3) is 0. The number of hydrogen-bond donors (Lipinski definition) is 0. The Hall–Kier alpha value is -7.23. The van der Waals surface area contributed by atoms with E-state index in [1.54, 1.807) is 0 Å². The zero-order valence-electron chi connectivity index (χ0n) is 29.5. The molecule has 0 spiro atoms. The Morgan fingerprint density at radius 1 is 0.185 bits per heavy atom. The van der Waals surface area contributed by atoms with Crippen LogP contribution in [-0.4, -0.2) is 15.0 Å². The minimum atomic E-state index is 0.716. The number of nitrogens with zero attached hydrogens (tertiary/aromatic N) is 3. The summed E-state index contributed by atoms with van der Waals surface area (Å²) in [6.07, 6.45) is 0. The van der Waals surface area contributed by atoms with Gasteiger partial charge in [-0.25, -0.2) is 15.0 Å². The van der Waals surface area contributed by atoms with Crippen molar-refractivity contribution in [3.8, 4) is 89.8 Å². The molecule has 9 rings (SSSR count). The molecule has 0 unspecified atom stereocenters. The number of aromatic nitrogens is 3. The molecule has 0 amide bonds. The average molecular weight is 690 g/mol. The minimum absolute atomic E-state index is 0.716. The van der Waals surface area contributed by atoms with E-state index in [0.29, 0.717) is 5.82 Å². The van der Waals surface area contributed by atoms with Crippen LogP contribution >= 0.6 is 0 Å². The van der Waals surface area contributed by atoms with Crippen LogP contribution in [0.5, 0.6) is 0 Å². The first-order chi connectivity index (χ1) is 26.7. The number of rotatable bonds is 8. The van der Waals surface area contributed by atoms with Gasteiger partial charge in [-0.3, -0.25) is 0 Å². The van der Waals surface area contributed by atoms with Crippen LogP contribution in [0.3, 0.4) is 0 Å². The van der Waals surface area contributed by atoms with Gasteiger partial charge in [0.05, 0.1) is 22.8 Å². The zero-order valence-corrected chi connectivity index (χ0v) is 29.5. The predicted molar refractivity (Wildman–Crippen MR) is 223 cm³/mol. The van der Waals surface area contributed by atoms with Gasteiger partial charge in [0.25, 0.3) is 0 Å². The van der Waals surface area contributed by atoms with Gasteiger partial charge in [0, 0.05) is 27.8 Å². The molecule has 54 heavy (non-hydrogen) atoms. The first-order valence-electron chi connectivity index (χ1n) is 18.2. The summed E-state index contributed by atoms with van der Waals surface area (Å²) in [6.45, 7) is 0. The third-order valence-corrected chi connectivity index (χ3v) is 9.72. The molecule has 0 saturated heterocycles. The Kier molecular flexibility index (Phi) is 8.94. The van der Waals surface area contributed by atoms with Crippen LogP contribution in [-0.2, 0) is 0 Å². The van der Waals surface area contributed by atoms with Gasteiger partial charge in [-0.1, -0.05) is 188 Å². The van der Waals surface area contributed by atoms with Crippen molar-refractivity contribution in [1.29, 1.82) is 0 Å². The summed E-state index contributed by atoms with van der Waals surface area (Å²) in [6, 6.07) is 74.0. The van der Waals surface area contributed by atoms with Gasteiger partial charge in [0.1, 0.15) is 0 Å². The van der Waals surface area contributed by atoms with E-state index >= 15 is 0 Å². The van der Waals surface area contributed by atoms with E-state index in [0.717, 1.165) is 72.8 Å². The van der Waals surface area contributed by atoms with Gasteiger partial charge in [-0.15, -0.1) is 0 Å². The lowest BCUT2D eigenvalue weighted by molar-refractivity contribution is 1.18. The van der Waals surface area contributed by atoms with Crippen LogP contribution in [0.4, 0.5) is 0 Å². The lowest BCUT2D eigenvalue weighted by atomic mass is 9.95. The van der Waals surface area contributed by atoms with Crippen molar-refractivity contribution in [3.63, 3.8) is 0 Å². The maximum absolute atomic E-state index is 5.07. The van der Waals surface area contributed by atoms with Crippen LogP contribution in [0.2, 0.25) is 0 Å². The van der Waals surface area contributed by atoms with Crippen molar-refractivity contribution in [1.82, 2.24) is 15.0 Å². The van der Waals surface area contributed by atoms with Gasteiger partial charge in [0.2, 0.25) is 0 Å². The Balaban J connectivity index is 1.00. The molecule has 2 heterocycles. The molecule has 254 valence electrons. The molecule has 0 radical (unpaired) electrons. The summed E-state index contributed by atoms with van der Waals surface area (Å²) >= 11 is 0.